The molecule has 116 valence electrons. The molecule has 0 saturated carbocycles. The van der Waals surface area contributed by atoms with Crippen molar-refractivity contribution in [1.29, 1.82) is 0 Å². The molecule has 1 aromatic heterocycles. The van der Waals surface area contributed by atoms with Gasteiger partial charge in [-0.15, -0.1) is 5.10 Å². The zero-order valence-corrected chi connectivity index (χ0v) is 12.7. The largest absolute Gasteiger partial charge is 0.437 e. The van der Waals surface area contributed by atoms with E-state index in [0.29, 0.717) is 29.7 Å². The van der Waals surface area contributed by atoms with Crippen LogP contribution in [0, 0.1) is 5.92 Å². The van der Waals surface area contributed by atoms with Crippen molar-refractivity contribution >= 4 is 11.6 Å². The molecule has 2 rings (SSSR count). The summed E-state index contributed by atoms with van der Waals surface area (Å²) in [6, 6.07) is 9.98. The molecule has 0 aliphatic carbocycles. The van der Waals surface area contributed by atoms with E-state index in [-0.39, 0.29) is 5.91 Å². The zero-order valence-electron chi connectivity index (χ0n) is 12.7. The number of benzene rings is 1. The first-order valence-corrected chi connectivity index (χ1v) is 7.16. The van der Waals surface area contributed by atoms with Crippen LogP contribution in [0.3, 0.4) is 0 Å². The fraction of sp³-hybridized carbons (Fsp3) is 0.312. The lowest BCUT2D eigenvalue weighted by Gasteiger charge is -2.14. The van der Waals surface area contributed by atoms with Gasteiger partial charge in [0.1, 0.15) is 5.75 Å². The van der Waals surface area contributed by atoms with E-state index in [1.54, 1.807) is 42.6 Å². The highest BCUT2D eigenvalue weighted by molar-refractivity contribution is 5.94. The van der Waals surface area contributed by atoms with Gasteiger partial charge >= 0.3 is 0 Å². The van der Waals surface area contributed by atoms with Gasteiger partial charge in [-0.05, 0) is 30.5 Å². The van der Waals surface area contributed by atoms with Crippen LogP contribution in [0.15, 0.2) is 42.6 Å². The van der Waals surface area contributed by atoms with Gasteiger partial charge in [-0.25, -0.2) is 0 Å². The normalized spacial score (nSPS) is 12.0. The Morgan fingerprint density at radius 3 is 2.82 bits per heavy atom. The second kappa shape index (κ2) is 7.51. The molecule has 0 aliphatic heterocycles. The van der Waals surface area contributed by atoms with Gasteiger partial charge in [0.15, 0.2) is 0 Å². The van der Waals surface area contributed by atoms with Gasteiger partial charge < -0.3 is 15.8 Å². The highest BCUT2D eigenvalue weighted by atomic mass is 16.5. The number of nitrogens with zero attached hydrogens (tertiary/aromatic N) is 2. The number of aromatic nitrogens is 2. The lowest BCUT2D eigenvalue weighted by atomic mass is 10.0. The van der Waals surface area contributed by atoms with E-state index in [4.69, 9.17) is 10.5 Å². The summed E-state index contributed by atoms with van der Waals surface area (Å²) in [5.41, 5.74) is 6.50. The van der Waals surface area contributed by atoms with E-state index in [0.717, 1.165) is 0 Å². The molecule has 3 N–H and O–H groups in total. The average Bonchev–Trinajstić information content (AvgIpc) is 2.48. The summed E-state index contributed by atoms with van der Waals surface area (Å²) in [5, 5.41) is 10.4. The van der Waals surface area contributed by atoms with Gasteiger partial charge in [0, 0.05) is 24.0 Å². The number of nitrogens with one attached hydrogen (secondary N) is 1. The van der Waals surface area contributed by atoms with Gasteiger partial charge in [0.05, 0.1) is 6.04 Å². The highest BCUT2D eigenvalue weighted by Crippen LogP contribution is 2.22. The summed E-state index contributed by atoms with van der Waals surface area (Å²) < 4.78 is 5.57. The summed E-state index contributed by atoms with van der Waals surface area (Å²) in [7, 11) is 0. The maximum atomic E-state index is 12.0. The van der Waals surface area contributed by atoms with Gasteiger partial charge in [-0.3, -0.25) is 4.79 Å². The molecular formula is C16H20N4O2. The molecule has 1 amide bonds. The SMILES string of the molecule is CC(C)C[C@H](N)C(=O)Nc1cccc(Oc2cccnn2)c1. The quantitative estimate of drug-likeness (QED) is 0.855. The van der Waals surface area contributed by atoms with Crippen LogP contribution in [0.4, 0.5) is 5.69 Å². The summed E-state index contributed by atoms with van der Waals surface area (Å²) in [6.45, 7) is 4.06. The molecule has 1 aromatic carbocycles. The van der Waals surface area contributed by atoms with Crippen molar-refractivity contribution in [1.82, 2.24) is 10.2 Å². The summed E-state index contributed by atoms with van der Waals surface area (Å²) in [4.78, 5) is 12.0. The molecule has 0 bridgehead atoms. The van der Waals surface area contributed by atoms with Crippen molar-refractivity contribution in [2.45, 2.75) is 26.3 Å². The van der Waals surface area contributed by atoms with Crippen LogP contribution in [0.2, 0.25) is 0 Å². The fourth-order valence-electron chi connectivity index (χ4n) is 1.95. The monoisotopic (exact) mass is 300 g/mol. The van der Waals surface area contributed by atoms with E-state index < -0.39 is 6.04 Å². The van der Waals surface area contributed by atoms with Gasteiger partial charge in [0.2, 0.25) is 11.8 Å². The molecule has 0 saturated heterocycles. The lowest BCUT2D eigenvalue weighted by molar-refractivity contribution is -0.117. The smallest absolute Gasteiger partial charge is 0.241 e. The van der Waals surface area contributed by atoms with E-state index in [1.165, 1.54) is 0 Å². The maximum absolute atomic E-state index is 12.0. The highest BCUT2D eigenvalue weighted by Gasteiger charge is 2.15. The number of carbonyl (C=O) groups is 1. The minimum absolute atomic E-state index is 0.203. The van der Waals surface area contributed by atoms with E-state index in [1.807, 2.05) is 13.8 Å². The first kappa shape index (κ1) is 15.9. The van der Waals surface area contributed by atoms with Crippen LogP contribution in [-0.2, 0) is 4.79 Å². The average molecular weight is 300 g/mol. The van der Waals surface area contributed by atoms with E-state index in [2.05, 4.69) is 15.5 Å². The van der Waals surface area contributed by atoms with Gasteiger partial charge in [-0.1, -0.05) is 19.9 Å². The minimum Gasteiger partial charge on any atom is -0.437 e. The molecule has 6 nitrogen and oxygen atoms in total. The van der Waals surface area contributed by atoms with Crippen molar-refractivity contribution < 1.29 is 9.53 Å². The Hall–Kier alpha value is -2.47. The Morgan fingerprint density at radius 1 is 1.32 bits per heavy atom. The van der Waals surface area contributed by atoms with Crippen LogP contribution in [-0.4, -0.2) is 22.1 Å². The maximum Gasteiger partial charge on any atom is 0.241 e. The predicted octanol–water partition coefficient (Wildman–Crippen LogP) is 2.58. The number of amides is 1. The van der Waals surface area contributed by atoms with E-state index >= 15 is 0 Å². The first-order chi connectivity index (χ1) is 10.5. The summed E-state index contributed by atoms with van der Waals surface area (Å²) >= 11 is 0. The van der Waals surface area contributed by atoms with Gasteiger partial charge in [0.25, 0.3) is 0 Å². The van der Waals surface area contributed by atoms with E-state index in [9.17, 15) is 4.79 Å². The van der Waals surface area contributed by atoms with Crippen LogP contribution in [0.25, 0.3) is 0 Å². The molecule has 6 heteroatoms. The number of anilines is 1. The van der Waals surface area contributed by atoms with Crippen molar-refractivity contribution in [3.63, 3.8) is 0 Å². The molecule has 1 atom stereocenters. The van der Waals surface area contributed by atoms with Crippen molar-refractivity contribution in [3.8, 4) is 11.6 Å². The Balaban J connectivity index is 2.01. The third-order valence-electron chi connectivity index (χ3n) is 2.93. The van der Waals surface area contributed by atoms with Crippen molar-refractivity contribution in [3.05, 3.63) is 42.6 Å². The summed E-state index contributed by atoms with van der Waals surface area (Å²) in [6.07, 6.45) is 2.21. The van der Waals surface area contributed by atoms with Gasteiger partial charge in [-0.2, -0.15) is 5.10 Å². The number of nitrogens with two attached hydrogens (primary N) is 1. The van der Waals surface area contributed by atoms with Crippen LogP contribution in [0.1, 0.15) is 20.3 Å². The van der Waals surface area contributed by atoms with Crippen LogP contribution < -0.4 is 15.8 Å². The summed E-state index contributed by atoms with van der Waals surface area (Å²) in [5.74, 6) is 1.12. The fourth-order valence-corrected chi connectivity index (χ4v) is 1.95. The molecule has 22 heavy (non-hydrogen) atoms. The molecule has 0 radical (unpaired) electrons. The topological polar surface area (TPSA) is 90.1 Å². The number of rotatable bonds is 6. The van der Waals surface area contributed by atoms with Crippen molar-refractivity contribution in [2.24, 2.45) is 11.7 Å². The number of carbonyl (C=O) groups excluding carboxylic acids is 1. The Labute approximate surface area is 129 Å². The number of ether oxygens (including phenoxy) is 1. The predicted molar refractivity (Wildman–Crippen MR) is 84.6 cm³/mol. The third-order valence-corrected chi connectivity index (χ3v) is 2.93. The molecule has 0 aliphatic rings. The molecule has 0 fully saturated rings. The Morgan fingerprint density at radius 2 is 2.14 bits per heavy atom. The molecule has 1 heterocycles. The Kier molecular flexibility index (Phi) is 5.43. The van der Waals surface area contributed by atoms with Crippen LogP contribution in [0.5, 0.6) is 11.6 Å². The lowest BCUT2D eigenvalue weighted by Crippen LogP contribution is -2.36. The molecular weight excluding hydrogens is 280 g/mol. The number of hydrogen-bond acceptors (Lipinski definition) is 5. The van der Waals surface area contributed by atoms with Crippen LogP contribution >= 0.6 is 0 Å². The zero-order chi connectivity index (χ0) is 15.9. The second-order valence-corrected chi connectivity index (χ2v) is 5.42. The molecule has 2 aromatic rings. The minimum atomic E-state index is -0.524. The standard InChI is InChI=1S/C16H20N4O2/c1-11(2)9-14(17)16(21)19-12-5-3-6-13(10-12)22-15-7-4-8-18-20-15/h3-8,10-11,14H,9,17H2,1-2H3,(H,19,21)/t14-/m0/s1. The Bertz CT molecular complexity index is 617. The molecule has 0 spiro atoms. The van der Waals surface area contributed by atoms with Crippen molar-refractivity contribution in [2.75, 3.05) is 5.32 Å². The second-order valence-electron chi connectivity index (χ2n) is 5.42. The first-order valence-electron chi connectivity index (χ1n) is 7.16. The third kappa shape index (κ3) is 4.82. The molecule has 0 unspecified atom stereocenters. The number of hydrogen-bond donors (Lipinski definition) is 2.